The Morgan fingerprint density at radius 2 is 2.07 bits per heavy atom. The van der Waals surface area contributed by atoms with Crippen molar-refractivity contribution in [3.63, 3.8) is 0 Å². The fourth-order valence-electron chi connectivity index (χ4n) is 2.01. The topological polar surface area (TPSA) is 38.5 Å². The molecule has 84 valence electrons. The summed E-state index contributed by atoms with van der Waals surface area (Å²) in [7, 11) is 0. The lowest BCUT2D eigenvalue weighted by Crippen LogP contribution is -2.49. The van der Waals surface area contributed by atoms with Crippen LogP contribution in [0.4, 0.5) is 0 Å². The van der Waals surface area contributed by atoms with Crippen LogP contribution in [0.15, 0.2) is 0 Å². The number of rotatable bonds is 2. The van der Waals surface area contributed by atoms with Gasteiger partial charge in [0.1, 0.15) is 0 Å². The molecule has 0 radical (unpaired) electrons. The van der Waals surface area contributed by atoms with Gasteiger partial charge >= 0.3 is 0 Å². The second-order valence-corrected chi connectivity index (χ2v) is 5.66. The van der Waals surface area contributed by atoms with Crippen molar-refractivity contribution in [1.82, 2.24) is 4.90 Å². The average molecular weight is 200 g/mol. The fourth-order valence-corrected chi connectivity index (χ4v) is 2.01. The molecule has 1 fully saturated rings. The Hall–Kier alpha value is -0.120. The van der Waals surface area contributed by atoms with Crippen LogP contribution in [0, 0.1) is 0 Å². The largest absolute Gasteiger partial charge is 0.374 e. The number of ether oxygens (including phenoxy) is 1. The zero-order valence-corrected chi connectivity index (χ0v) is 9.97. The van der Waals surface area contributed by atoms with Gasteiger partial charge in [0.15, 0.2) is 0 Å². The second kappa shape index (κ2) is 4.17. The van der Waals surface area contributed by atoms with E-state index in [0.717, 1.165) is 32.7 Å². The van der Waals surface area contributed by atoms with E-state index in [0.29, 0.717) is 0 Å². The number of hydrogen-bond donors (Lipinski definition) is 1. The van der Waals surface area contributed by atoms with Crippen molar-refractivity contribution in [3.05, 3.63) is 0 Å². The van der Waals surface area contributed by atoms with Crippen LogP contribution in [0.5, 0.6) is 0 Å². The lowest BCUT2D eigenvalue weighted by Gasteiger charge is -2.33. The van der Waals surface area contributed by atoms with Gasteiger partial charge in [0.25, 0.3) is 0 Å². The van der Waals surface area contributed by atoms with Gasteiger partial charge in [-0.2, -0.15) is 0 Å². The van der Waals surface area contributed by atoms with Gasteiger partial charge in [0.2, 0.25) is 0 Å². The zero-order chi connectivity index (χ0) is 10.8. The molecule has 1 saturated heterocycles. The van der Waals surface area contributed by atoms with E-state index in [1.54, 1.807) is 0 Å². The standard InChI is InChI=1S/C11H24N2O/c1-10(2,12)8-13-6-5-7-14-11(3,4)9-13/h5-9,12H2,1-4H3. The van der Waals surface area contributed by atoms with Gasteiger partial charge in [-0.25, -0.2) is 0 Å². The van der Waals surface area contributed by atoms with Crippen molar-refractivity contribution >= 4 is 0 Å². The molecule has 3 heteroatoms. The molecular weight excluding hydrogens is 176 g/mol. The van der Waals surface area contributed by atoms with Crippen LogP contribution in [0.2, 0.25) is 0 Å². The zero-order valence-electron chi connectivity index (χ0n) is 9.97. The molecule has 0 amide bonds. The molecule has 0 aromatic carbocycles. The number of nitrogens with two attached hydrogens (primary N) is 1. The number of hydrogen-bond acceptors (Lipinski definition) is 3. The van der Waals surface area contributed by atoms with Crippen molar-refractivity contribution in [2.24, 2.45) is 5.73 Å². The molecule has 0 aromatic heterocycles. The first-order chi connectivity index (χ1) is 6.29. The van der Waals surface area contributed by atoms with E-state index in [-0.39, 0.29) is 11.1 Å². The molecule has 1 aliphatic rings. The Labute approximate surface area is 87.6 Å². The lowest BCUT2D eigenvalue weighted by molar-refractivity contribution is -0.0186. The fraction of sp³-hybridized carbons (Fsp3) is 1.00. The lowest BCUT2D eigenvalue weighted by atomic mass is 10.0. The Morgan fingerprint density at radius 1 is 1.43 bits per heavy atom. The van der Waals surface area contributed by atoms with Gasteiger partial charge in [0, 0.05) is 31.8 Å². The van der Waals surface area contributed by atoms with E-state index in [9.17, 15) is 0 Å². The van der Waals surface area contributed by atoms with Gasteiger partial charge in [-0.15, -0.1) is 0 Å². The molecule has 0 aromatic rings. The molecule has 3 nitrogen and oxygen atoms in total. The summed E-state index contributed by atoms with van der Waals surface area (Å²) >= 11 is 0. The van der Waals surface area contributed by atoms with Crippen LogP contribution in [0.1, 0.15) is 34.1 Å². The van der Waals surface area contributed by atoms with E-state index < -0.39 is 0 Å². The maximum absolute atomic E-state index is 6.02. The summed E-state index contributed by atoms with van der Waals surface area (Å²) in [6.45, 7) is 12.3. The smallest absolute Gasteiger partial charge is 0.0752 e. The van der Waals surface area contributed by atoms with Crippen molar-refractivity contribution < 1.29 is 4.74 Å². The molecule has 0 spiro atoms. The van der Waals surface area contributed by atoms with Crippen molar-refractivity contribution in [1.29, 1.82) is 0 Å². The predicted molar refractivity (Wildman–Crippen MR) is 59.4 cm³/mol. The van der Waals surface area contributed by atoms with E-state index in [4.69, 9.17) is 10.5 Å². The summed E-state index contributed by atoms with van der Waals surface area (Å²) < 4.78 is 5.75. The van der Waals surface area contributed by atoms with Crippen molar-refractivity contribution in [2.75, 3.05) is 26.2 Å². The van der Waals surface area contributed by atoms with Crippen molar-refractivity contribution in [3.8, 4) is 0 Å². The molecule has 14 heavy (non-hydrogen) atoms. The monoisotopic (exact) mass is 200 g/mol. The Balaban J connectivity index is 2.52. The minimum absolute atomic E-state index is 0.0260. The first-order valence-corrected chi connectivity index (χ1v) is 5.44. The quantitative estimate of drug-likeness (QED) is 0.728. The molecular formula is C11H24N2O. The highest BCUT2D eigenvalue weighted by molar-refractivity contribution is 4.83. The molecule has 1 rings (SSSR count). The molecule has 0 unspecified atom stereocenters. The highest BCUT2D eigenvalue weighted by Gasteiger charge is 2.27. The first kappa shape index (κ1) is 12.0. The molecule has 0 saturated carbocycles. The van der Waals surface area contributed by atoms with Gasteiger partial charge < -0.3 is 10.5 Å². The van der Waals surface area contributed by atoms with Gasteiger partial charge in [-0.3, -0.25) is 4.90 Å². The Morgan fingerprint density at radius 3 is 2.64 bits per heavy atom. The van der Waals surface area contributed by atoms with E-state index >= 15 is 0 Å². The molecule has 2 N–H and O–H groups in total. The first-order valence-electron chi connectivity index (χ1n) is 5.44. The maximum Gasteiger partial charge on any atom is 0.0752 e. The summed E-state index contributed by atoms with van der Waals surface area (Å²) in [5.41, 5.74) is 5.89. The Kier molecular flexibility index (Phi) is 3.56. The van der Waals surface area contributed by atoms with E-state index in [1.165, 1.54) is 0 Å². The average Bonchev–Trinajstić information content (AvgIpc) is 2.06. The summed E-state index contributed by atoms with van der Waals surface area (Å²) in [4.78, 5) is 2.41. The Bertz CT molecular complexity index is 184. The van der Waals surface area contributed by atoms with Gasteiger partial charge in [-0.05, 0) is 34.1 Å². The van der Waals surface area contributed by atoms with E-state index in [1.807, 2.05) is 0 Å². The molecule has 0 aliphatic carbocycles. The summed E-state index contributed by atoms with van der Waals surface area (Å²) in [6, 6.07) is 0. The SMILES string of the molecule is CC(C)(N)CN1CCCOC(C)(C)C1. The predicted octanol–water partition coefficient (Wildman–Crippen LogP) is 1.22. The normalized spacial score (nSPS) is 24.6. The van der Waals surface area contributed by atoms with Crippen LogP contribution >= 0.6 is 0 Å². The highest BCUT2D eigenvalue weighted by Crippen LogP contribution is 2.17. The van der Waals surface area contributed by atoms with Crippen LogP contribution in [-0.2, 0) is 4.74 Å². The summed E-state index contributed by atoms with van der Waals surface area (Å²) in [6.07, 6.45) is 1.11. The maximum atomic E-state index is 6.02. The minimum atomic E-state index is -0.111. The molecule has 1 aliphatic heterocycles. The van der Waals surface area contributed by atoms with E-state index in [2.05, 4.69) is 32.6 Å². The minimum Gasteiger partial charge on any atom is -0.374 e. The molecule has 0 atom stereocenters. The van der Waals surface area contributed by atoms with Crippen molar-refractivity contribution in [2.45, 2.75) is 45.3 Å². The summed E-state index contributed by atoms with van der Waals surface area (Å²) in [5, 5.41) is 0. The number of nitrogens with zero attached hydrogens (tertiary/aromatic N) is 1. The summed E-state index contributed by atoms with van der Waals surface area (Å²) in [5.74, 6) is 0. The van der Waals surface area contributed by atoms with Gasteiger partial charge in [-0.1, -0.05) is 0 Å². The molecule has 0 bridgehead atoms. The van der Waals surface area contributed by atoms with Crippen LogP contribution < -0.4 is 5.73 Å². The molecule has 1 heterocycles. The van der Waals surface area contributed by atoms with Crippen LogP contribution in [-0.4, -0.2) is 42.3 Å². The third-order valence-corrected chi connectivity index (χ3v) is 2.35. The van der Waals surface area contributed by atoms with Crippen LogP contribution in [0.3, 0.4) is 0 Å². The highest BCUT2D eigenvalue weighted by atomic mass is 16.5. The third-order valence-electron chi connectivity index (χ3n) is 2.35. The third kappa shape index (κ3) is 4.40. The second-order valence-electron chi connectivity index (χ2n) is 5.66. The van der Waals surface area contributed by atoms with Gasteiger partial charge in [0.05, 0.1) is 5.60 Å². The van der Waals surface area contributed by atoms with Crippen LogP contribution in [0.25, 0.3) is 0 Å².